The molecule has 2 heterocycles. The average Bonchev–Trinajstić information content (AvgIpc) is 3.18. The number of amides is 1. The smallest absolute Gasteiger partial charge is 0.356 e. The van der Waals surface area contributed by atoms with Crippen molar-refractivity contribution >= 4 is 28.3 Å². The number of carboxylic acids is 1. The minimum Gasteiger partial charge on any atom is -0.476 e. The molecule has 0 spiro atoms. The Morgan fingerprint density at radius 2 is 2.28 bits per heavy atom. The molecule has 130 valence electrons. The van der Waals surface area contributed by atoms with Crippen LogP contribution in [0.25, 0.3) is 0 Å². The molecule has 7 nitrogen and oxygen atoms in total. The number of fused-ring (bicyclic) bond motifs is 1. The first-order chi connectivity index (χ1) is 11.9. The van der Waals surface area contributed by atoms with Gasteiger partial charge >= 0.3 is 12.0 Å². The first kappa shape index (κ1) is 17.2. The van der Waals surface area contributed by atoms with E-state index >= 15 is 0 Å². The van der Waals surface area contributed by atoms with E-state index in [1.54, 1.807) is 0 Å². The molecule has 8 heteroatoms. The number of nitriles is 1. The van der Waals surface area contributed by atoms with Crippen molar-refractivity contribution < 1.29 is 14.7 Å². The molecule has 0 saturated heterocycles. The van der Waals surface area contributed by atoms with Gasteiger partial charge in [0.25, 0.3) is 0 Å². The quantitative estimate of drug-likeness (QED) is 0.874. The van der Waals surface area contributed by atoms with Crippen molar-refractivity contribution in [2.24, 2.45) is 11.8 Å². The molecule has 2 aromatic heterocycles. The normalized spacial score (nSPS) is 16.3. The number of carbonyl (C=O) groups is 2. The Morgan fingerprint density at radius 1 is 1.52 bits per heavy atom. The van der Waals surface area contributed by atoms with Gasteiger partial charge in [-0.05, 0) is 36.7 Å². The third kappa shape index (κ3) is 3.28. The fourth-order valence-electron chi connectivity index (χ4n) is 3.09. The monoisotopic (exact) mass is 358 g/mol. The molecule has 0 saturated carbocycles. The molecule has 0 bridgehead atoms. The second-order valence-electron chi connectivity index (χ2n) is 6.47. The summed E-state index contributed by atoms with van der Waals surface area (Å²) in [6, 6.07) is 1.67. The summed E-state index contributed by atoms with van der Waals surface area (Å²) in [6.07, 6.45) is 5.12. The SMILES string of the molecule is CC(C)C1CCc2c(sc(NC(=O)n3cnc(C(=O)O)c3)c2C#N)C1. The highest BCUT2D eigenvalue weighted by molar-refractivity contribution is 7.16. The van der Waals surface area contributed by atoms with Crippen LogP contribution in [0.4, 0.5) is 9.80 Å². The van der Waals surface area contributed by atoms with Crippen molar-refractivity contribution in [3.63, 3.8) is 0 Å². The van der Waals surface area contributed by atoms with Crippen molar-refractivity contribution in [3.8, 4) is 6.07 Å². The average molecular weight is 358 g/mol. The lowest BCUT2D eigenvalue weighted by atomic mass is 9.81. The number of aromatic nitrogens is 2. The van der Waals surface area contributed by atoms with Gasteiger partial charge in [-0.25, -0.2) is 14.6 Å². The lowest BCUT2D eigenvalue weighted by Gasteiger charge is -2.25. The van der Waals surface area contributed by atoms with Gasteiger partial charge < -0.3 is 5.11 Å². The van der Waals surface area contributed by atoms with Crippen LogP contribution in [0.2, 0.25) is 0 Å². The summed E-state index contributed by atoms with van der Waals surface area (Å²) < 4.78 is 1.07. The predicted molar refractivity (Wildman–Crippen MR) is 93.0 cm³/mol. The Balaban J connectivity index is 1.84. The Hall–Kier alpha value is -2.66. The molecule has 0 aromatic carbocycles. The number of aromatic carboxylic acids is 1. The number of nitrogens with zero attached hydrogens (tertiary/aromatic N) is 3. The molecule has 2 N–H and O–H groups in total. The molecule has 1 aliphatic rings. The third-order valence-corrected chi connectivity index (χ3v) is 5.78. The number of anilines is 1. The number of carboxylic acid groups (broad SMARTS) is 1. The van der Waals surface area contributed by atoms with Gasteiger partial charge in [0, 0.05) is 11.1 Å². The topological polar surface area (TPSA) is 108 Å². The summed E-state index contributed by atoms with van der Waals surface area (Å²) in [5, 5.41) is 21.6. The Bertz CT molecular complexity index is 875. The van der Waals surface area contributed by atoms with Gasteiger partial charge in [-0.2, -0.15) is 5.26 Å². The minimum absolute atomic E-state index is 0.207. The molecule has 25 heavy (non-hydrogen) atoms. The van der Waals surface area contributed by atoms with Gasteiger partial charge in [0.2, 0.25) is 0 Å². The highest BCUT2D eigenvalue weighted by atomic mass is 32.1. The number of rotatable bonds is 3. The Morgan fingerprint density at radius 3 is 2.88 bits per heavy atom. The van der Waals surface area contributed by atoms with Crippen LogP contribution in [-0.4, -0.2) is 26.7 Å². The maximum atomic E-state index is 12.3. The highest BCUT2D eigenvalue weighted by Gasteiger charge is 2.28. The van der Waals surface area contributed by atoms with Crippen LogP contribution in [0.15, 0.2) is 12.5 Å². The number of imidazole rings is 1. The van der Waals surface area contributed by atoms with Crippen molar-refractivity contribution in [1.29, 1.82) is 5.26 Å². The Kier molecular flexibility index (Phi) is 4.59. The van der Waals surface area contributed by atoms with Gasteiger partial charge in [-0.3, -0.25) is 9.88 Å². The molecule has 0 fully saturated rings. The first-order valence-corrected chi connectivity index (χ1v) is 8.85. The molecule has 2 aromatic rings. The van der Waals surface area contributed by atoms with Crippen molar-refractivity contribution in [1.82, 2.24) is 9.55 Å². The van der Waals surface area contributed by atoms with E-state index in [2.05, 4.69) is 30.2 Å². The zero-order chi connectivity index (χ0) is 18.1. The predicted octanol–water partition coefficient (Wildman–Crippen LogP) is 3.36. The second-order valence-corrected chi connectivity index (χ2v) is 7.57. The molecule has 1 atom stereocenters. The number of nitrogens with one attached hydrogen (secondary N) is 1. The third-order valence-electron chi connectivity index (χ3n) is 4.61. The highest BCUT2D eigenvalue weighted by Crippen LogP contribution is 2.41. The van der Waals surface area contributed by atoms with E-state index in [9.17, 15) is 14.9 Å². The Labute approximate surface area is 148 Å². The summed E-state index contributed by atoms with van der Waals surface area (Å²) in [5.74, 6) is -0.0252. The van der Waals surface area contributed by atoms with E-state index in [-0.39, 0.29) is 5.69 Å². The summed E-state index contributed by atoms with van der Waals surface area (Å²) in [7, 11) is 0. The fraction of sp³-hybridized carbons (Fsp3) is 0.412. The largest absolute Gasteiger partial charge is 0.476 e. The summed E-state index contributed by atoms with van der Waals surface area (Å²) in [4.78, 5) is 28.0. The van der Waals surface area contributed by atoms with Crippen LogP contribution in [0.3, 0.4) is 0 Å². The standard InChI is InChI=1S/C17H18N4O3S/c1-9(2)10-3-4-11-12(6-18)15(25-14(11)5-10)20-17(24)21-7-13(16(22)23)19-8-21/h7-10H,3-5H2,1-2H3,(H,20,24)(H,22,23). The summed E-state index contributed by atoms with van der Waals surface area (Å²) >= 11 is 1.44. The molecule has 1 amide bonds. The number of hydrogen-bond donors (Lipinski definition) is 2. The number of hydrogen-bond acceptors (Lipinski definition) is 5. The van der Waals surface area contributed by atoms with Gasteiger partial charge in [0.05, 0.1) is 5.56 Å². The van der Waals surface area contributed by atoms with Crippen LogP contribution in [0.1, 0.15) is 46.8 Å². The minimum atomic E-state index is -1.20. The number of thiophene rings is 1. The molecular weight excluding hydrogens is 340 g/mol. The van der Waals surface area contributed by atoms with E-state index < -0.39 is 12.0 Å². The van der Waals surface area contributed by atoms with E-state index in [1.807, 2.05) is 0 Å². The van der Waals surface area contributed by atoms with E-state index in [1.165, 1.54) is 11.3 Å². The van der Waals surface area contributed by atoms with Crippen LogP contribution < -0.4 is 5.32 Å². The molecular formula is C17H18N4O3S. The molecule has 0 aliphatic heterocycles. The van der Waals surface area contributed by atoms with Gasteiger partial charge in [0.1, 0.15) is 17.4 Å². The molecule has 1 aliphatic carbocycles. The van der Waals surface area contributed by atoms with Crippen LogP contribution in [-0.2, 0) is 12.8 Å². The van der Waals surface area contributed by atoms with Crippen LogP contribution >= 0.6 is 11.3 Å². The summed E-state index contributed by atoms with van der Waals surface area (Å²) in [6.45, 7) is 4.41. The van der Waals surface area contributed by atoms with Crippen molar-refractivity contribution in [2.45, 2.75) is 33.1 Å². The van der Waals surface area contributed by atoms with Crippen molar-refractivity contribution in [3.05, 3.63) is 34.2 Å². The first-order valence-electron chi connectivity index (χ1n) is 8.04. The van der Waals surface area contributed by atoms with Gasteiger partial charge in [0.15, 0.2) is 5.69 Å². The van der Waals surface area contributed by atoms with Gasteiger partial charge in [-0.1, -0.05) is 13.8 Å². The maximum absolute atomic E-state index is 12.3. The number of carbonyl (C=O) groups excluding carboxylic acids is 1. The fourth-order valence-corrected chi connectivity index (χ4v) is 4.37. The van der Waals surface area contributed by atoms with Gasteiger partial charge in [-0.15, -0.1) is 11.3 Å². The zero-order valence-corrected chi connectivity index (χ0v) is 14.8. The lowest BCUT2D eigenvalue weighted by molar-refractivity contribution is 0.0691. The maximum Gasteiger partial charge on any atom is 0.356 e. The van der Waals surface area contributed by atoms with Crippen LogP contribution in [0, 0.1) is 23.2 Å². The van der Waals surface area contributed by atoms with E-state index in [0.717, 1.165) is 46.8 Å². The molecule has 3 rings (SSSR count). The zero-order valence-electron chi connectivity index (χ0n) is 13.9. The molecule has 1 unspecified atom stereocenters. The molecule has 0 radical (unpaired) electrons. The lowest BCUT2D eigenvalue weighted by Crippen LogP contribution is -2.18. The van der Waals surface area contributed by atoms with E-state index in [4.69, 9.17) is 5.11 Å². The van der Waals surface area contributed by atoms with Crippen molar-refractivity contribution in [2.75, 3.05) is 5.32 Å². The summed E-state index contributed by atoms with van der Waals surface area (Å²) in [5.41, 5.74) is 1.35. The van der Waals surface area contributed by atoms with E-state index in [0.29, 0.717) is 22.4 Å². The second kappa shape index (κ2) is 6.69. The van der Waals surface area contributed by atoms with Crippen LogP contribution in [0.5, 0.6) is 0 Å².